The molecule has 1 aromatic heterocycles. The Hall–Kier alpha value is -1.89. The van der Waals surface area contributed by atoms with E-state index in [1.165, 1.54) is 11.0 Å². The van der Waals surface area contributed by atoms with Crippen molar-refractivity contribution < 1.29 is 4.79 Å². The maximum atomic E-state index is 12.0. The predicted molar refractivity (Wildman–Crippen MR) is 67.5 cm³/mol. The Morgan fingerprint density at radius 2 is 2.29 bits per heavy atom. The van der Waals surface area contributed by atoms with Crippen molar-refractivity contribution in [3.05, 3.63) is 34.6 Å². The lowest BCUT2D eigenvalue weighted by molar-refractivity contribution is 0.102. The highest BCUT2D eigenvalue weighted by molar-refractivity contribution is 9.10. The van der Waals surface area contributed by atoms with Gasteiger partial charge in [0.2, 0.25) is 5.95 Å². The Morgan fingerprint density at radius 1 is 1.53 bits per heavy atom. The van der Waals surface area contributed by atoms with E-state index in [9.17, 15) is 4.79 Å². The van der Waals surface area contributed by atoms with Crippen LogP contribution in [0, 0.1) is 0 Å². The van der Waals surface area contributed by atoms with Crippen LogP contribution >= 0.6 is 15.9 Å². The summed E-state index contributed by atoms with van der Waals surface area (Å²) in [5.74, 6) is 0.0876. The summed E-state index contributed by atoms with van der Waals surface area (Å²) in [5.41, 5.74) is 6.61. The predicted octanol–water partition coefficient (Wildman–Crippen LogP) is 1.41. The molecule has 1 aromatic carbocycles. The number of nitrogens with two attached hydrogens (primary N) is 1. The molecule has 1 heterocycles. The molecule has 0 bridgehead atoms. The molecule has 6 nitrogen and oxygen atoms in total. The lowest BCUT2D eigenvalue weighted by Crippen LogP contribution is -2.16. The van der Waals surface area contributed by atoms with Gasteiger partial charge in [0.05, 0.1) is 5.56 Å². The smallest absolute Gasteiger partial charge is 0.259 e. The van der Waals surface area contributed by atoms with Crippen LogP contribution in [0.2, 0.25) is 0 Å². The summed E-state index contributed by atoms with van der Waals surface area (Å²) in [4.78, 5) is 15.9. The molecule has 0 saturated heterocycles. The van der Waals surface area contributed by atoms with Gasteiger partial charge >= 0.3 is 0 Å². The second kappa shape index (κ2) is 4.54. The fourth-order valence-corrected chi connectivity index (χ4v) is 1.72. The van der Waals surface area contributed by atoms with E-state index >= 15 is 0 Å². The highest BCUT2D eigenvalue weighted by Gasteiger charge is 2.12. The van der Waals surface area contributed by atoms with Gasteiger partial charge in [-0.05, 0) is 34.1 Å². The van der Waals surface area contributed by atoms with Crippen LogP contribution in [0.3, 0.4) is 0 Å². The number of anilines is 2. The zero-order valence-electron chi connectivity index (χ0n) is 9.01. The third-order valence-electron chi connectivity index (χ3n) is 2.17. The Morgan fingerprint density at radius 3 is 2.94 bits per heavy atom. The number of nitrogen functional groups attached to an aromatic ring is 1. The number of nitrogens with one attached hydrogen (secondary N) is 1. The molecule has 2 rings (SSSR count). The van der Waals surface area contributed by atoms with Crippen molar-refractivity contribution in [1.82, 2.24) is 14.8 Å². The van der Waals surface area contributed by atoms with Crippen molar-refractivity contribution in [3.8, 4) is 0 Å². The third kappa shape index (κ3) is 2.44. The van der Waals surface area contributed by atoms with Crippen LogP contribution in [0.5, 0.6) is 0 Å². The molecule has 88 valence electrons. The van der Waals surface area contributed by atoms with Crippen LogP contribution in [-0.4, -0.2) is 20.7 Å². The minimum absolute atomic E-state index is 0.291. The molecule has 0 saturated carbocycles. The number of hydrogen-bond acceptors (Lipinski definition) is 4. The number of benzene rings is 1. The summed E-state index contributed by atoms with van der Waals surface area (Å²) in [6.07, 6.45) is 1.37. The molecule has 0 aliphatic heterocycles. The Labute approximate surface area is 106 Å². The first kappa shape index (κ1) is 11.6. The van der Waals surface area contributed by atoms with Gasteiger partial charge in [-0.1, -0.05) is 0 Å². The summed E-state index contributed by atoms with van der Waals surface area (Å²) < 4.78 is 2.14. The van der Waals surface area contributed by atoms with Gasteiger partial charge in [-0.3, -0.25) is 10.1 Å². The molecule has 1 amide bonds. The van der Waals surface area contributed by atoms with Gasteiger partial charge in [0, 0.05) is 17.2 Å². The first-order chi connectivity index (χ1) is 8.08. The molecule has 0 atom stereocenters. The number of halogens is 1. The minimum atomic E-state index is -0.291. The van der Waals surface area contributed by atoms with Gasteiger partial charge in [0.25, 0.3) is 5.91 Å². The van der Waals surface area contributed by atoms with Gasteiger partial charge in [-0.15, -0.1) is 0 Å². The number of carbonyl (C=O) groups excluding carboxylic acids is 1. The summed E-state index contributed by atoms with van der Waals surface area (Å²) in [6.45, 7) is 0. The molecule has 0 unspecified atom stereocenters. The summed E-state index contributed by atoms with van der Waals surface area (Å²) in [7, 11) is 1.69. The molecule has 0 aliphatic rings. The van der Waals surface area contributed by atoms with Gasteiger partial charge < -0.3 is 5.73 Å². The average molecular weight is 296 g/mol. The molecule has 2 aromatic rings. The number of carbonyl (C=O) groups is 1. The molecular weight excluding hydrogens is 286 g/mol. The molecule has 0 aliphatic carbocycles. The SMILES string of the molecule is Cn1ncnc1NC(=O)c1cc(N)ccc1Br. The monoisotopic (exact) mass is 295 g/mol. The van der Waals surface area contributed by atoms with Crippen LogP contribution in [0.1, 0.15) is 10.4 Å². The Kier molecular flexibility index (Phi) is 3.10. The van der Waals surface area contributed by atoms with E-state index in [2.05, 4.69) is 31.3 Å². The number of rotatable bonds is 2. The van der Waals surface area contributed by atoms with Crippen LogP contribution < -0.4 is 11.1 Å². The van der Waals surface area contributed by atoms with E-state index in [0.717, 1.165) is 0 Å². The molecule has 0 radical (unpaired) electrons. The van der Waals surface area contributed by atoms with Gasteiger partial charge in [0.1, 0.15) is 6.33 Å². The van der Waals surface area contributed by atoms with Gasteiger partial charge in [0.15, 0.2) is 0 Å². The lowest BCUT2D eigenvalue weighted by Gasteiger charge is -2.06. The number of aromatic nitrogens is 3. The van der Waals surface area contributed by atoms with E-state index in [4.69, 9.17) is 5.73 Å². The topological polar surface area (TPSA) is 85.8 Å². The fraction of sp³-hybridized carbons (Fsp3) is 0.100. The van der Waals surface area contributed by atoms with Crippen molar-refractivity contribution in [2.45, 2.75) is 0 Å². The van der Waals surface area contributed by atoms with Crippen molar-refractivity contribution >= 4 is 33.5 Å². The number of aryl methyl sites for hydroxylation is 1. The summed E-state index contributed by atoms with van der Waals surface area (Å²) in [6, 6.07) is 5.03. The van der Waals surface area contributed by atoms with Crippen LogP contribution in [-0.2, 0) is 7.05 Å². The standard InChI is InChI=1S/C10H10BrN5O/c1-16-10(13-5-14-16)15-9(17)7-4-6(12)2-3-8(7)11/h2-5H,12H2,1H3,(H,13,14,15,17). The first-order valence-electron chi connectivity index (χ1n) is 4.78. The van der Waals surface area contributed by atoms with E-state index in [-0.39, 0.29) is 5.91 Å². The van der Waals surface area contributed by atoms with Crippen LogP contribution in [0.25, 0.3) is 0 Å². The van der Waals surface area contributed by atoms with Crippen molar-refractivity contribution in [2.24, 2.45) is 7.05 Å². The van der Waals surface area contributed by atoms with Gasteiger partial charge in [-0.2, -0.15) is 10.1 Å². The van der Waals surface area contributed by atoms with Crippen molar-refractivity contribution in [2.75, 3.05) is 11.1 Å². The average Bonchev–Trinajstić information content (AvgIpc) is 2.68. The van der Waals surface area contributed by atoms with E-state index in [1.54, 1.807) is 25.2 Å². The summed E-state index contributed by atoms with van der Waals surface area (Å²) in [5, 5.41) is 6.50. The largest absolute Gasteiger partial charge is 0.399 e. The van der Waals surface area contributed by atoms with Crippen LogP contribution in [0.15, 0.2) is 29.0 Å². The number of hydrogen-bond donors (Lipinski definition) is 2. The van der Waals surface area contributed by atoms with E-state index in [0.29, 0.717) is 21.7 Å². The van der Waals surface area contributed by atoms with Crippen molar-refractivity contribution in [3.63, 3.8) is 0 Å². The Balaban J connectivity index is 2.26. The minimum Gasteiger partial charge on any atom is -0.399 e. The second-order valence-corrected chi connectivity index (χ2v) is 4.25. The quantitative estimate of drug-likeness (QED) is 0.820. The molecule has 17 heavy (non-hydrogen) atoms. The molecule has 0 spiro atoms. The number of amides is 1. The zero-order chi connectivity index (χ0) is 12.4. The maximum Gasteiger partial charge on any atom is 0.259 e. The van der Waals surface area contributed by atoms with E-state index in [1.807, 2.05) is 0 Å². The normalized spacial score (nSPS) is 10.2. The Bertz CT molecular complexity index is 566. The molecular formula is C10H10BrN5O. The van der Waals surface area contributed by atoms with Crippen molar-refractivity contribution in [1.29, 1.82) is 0 Å². The highest BCUT2D eigenvalue weighted by Crippen LogP contribution is 2.20. The first-order valence-corrected chi connectivity index (χ1v) is 5.57. The lowest BCUT2D eigenvalue weighted by atomic mass is 10.2. The van der Waals surface area contributed by atoms with E-state index < -0.39 is 0 Å². The zero-order valence-corrected chi connectivity index (χ0v) is 10.6. The fourth-order valence-electron chi connectivity index (χ4n) is 1.30. The summed E-state index contributed by atoms with van der Waals surface area (Å²) >= 11 is 3.29. The van der Waals surface area contributed by atoms with Gasteiger partial charge in [-0.25, -0.2) is 4.68 Å². The van der Waals surface area contributed by atoms with Crippen LogP contribution in [0.4, 0.5) is 11.6 Å². The number of nitrogens with zero attached hydrogens (tertiary/aromatic N) is 3. The second-order valence-electron chi connectivity index (χ2n) is 3.40. The maximum absolute atomic E-state index is 12.0. The molecule has 0 fully saturated rings. The third-order valence-corrected chi connectivity index (χ3v) is 2.86. The molecule has 7 heteroatoms. The molecule has 3 N–H and O–H groups in total. The highest BCUT2D eigenvalue weighted by atomic mass is 79.9.